The van der Waals surface area contributed by atoms with E-state index in [-0.39, 0.29) is 0 Å². The largest absolute Gasteiger partial charge is 0.381 e. The van der Waals surface area contributed by atoms with Crippen molar-refractivity contribution in [1.82, 2.24) is 14.9 Å². The van der Waals surface area contributed by atoms with Crippen molar-refractivity contribution < 1.29 is 4.74 Å². The minimum Gasteiger partial charge on any atom is -0.381 e. The number of aromatic nitrogens is 2. The second-order valence-corrected chi connectivity index (χ2v) is 6.00. The second kappa shape index (κ2) is 6.58. The highest BCUT2D eigenvalue weighted by Crippen LogP contribution is 2.21. The van der Waals surface area contributed by atoms with E-state index in [1.807, 2.05) is 0 Å². The molecule has 4 heteroatoms. The van der Waals surface area contributed by atoms with Crippen LogP contribution in [-0.2, 0) is 18.2 Å². The summed E-state index contributed by atoms with van der Waals surface area (Å²) >= 11 is 0. The van der Waals surface area contributed by atoms with Crippen molar-refractivity contribution in [2.45, 2.75) is 32.2 Å². The summed E-state index contributed by atoms with van der Waals surface area (Å²) < 4.78 is 7.74. The van der Waals surface area contributed by atoms with Gasteiger partial charge in [0.2, 0.25) is 0 Å². The Morgan fingerprint density at radius 2 is 2.29 bits per heavy atom. The second-order valence-electron chi connectivity index (χ2n) is 6.00. The van der Waals surface area contributed by atoms with Crippen molar-refractivity contribution in [3.05, 3.63) is 30.1 Å². The van der Waals surface area contributed by atoms with Crippen molar-refractivity contribution in [3.8, 4) is 0 Å². The van der Waals surface area contributed by atoms with Crippen LogP contribution in [0.5, 0.6) is 0 Å². The van der Waals surface area contributed by atoms with Crippen LogP contribution in [0.25, 0.3) is 11.0 Å². The first-order valence-electron chi connectivity index (χ1n) is 7.99. The van der Waals surface area contributed by atoms with Crippen molar-refractivity contribution >= 4 is 11.0 Å². The van der Waals surface area contributed by atoms with Crippen molar-refractivity contribution in [2.75, 3.05) is 19.8 Å². The third kappa shape index (κ3) is 3.27. The molecule has 1 aliphatic heterocycles. The van der Waals surface area contributed by atoms with E-state index < -0.39 is 0 Å². The molecule has 0 aliphatic carbocycles. The van der Waals surface area contributed by atoms with Crippen LogP contribution in [0, 0.1) is 5.92 Å². The van der Waals surface area contributed by atoms with E-state index in [0.717, 1.165) is 31.7 Å². The van der Waals surface area contributed by atoms with Crippen LogP contribution in [-0.4, -0.2) is 35.4 Å². The highest BCUT2D eigenvalue weighted by atomic mass is 16.5. The summed E-state index contributed by atoms with van der Waals surface area (Å²) in [5, 5.41) is 3.62. The van der Waals surface area contributed by atoms with Gasteiger partial charge in [-0.3, -0.25) is 0 Å². The van der Waals surface area contributed by atoms with Crippen LogP contribution in [0.4, 0.5) is 0 Å². The molecule has 21 heavy (non-hydrogen) atoms. The Hall–Kier alpha value is -1.39. The fraction of sp³-hybridized carbons (Fsp3) is 0.588. The van der Waals surface area contributed by atoms with Gasteiger partial charge in [-0.05, 0) is 37.4 Å². The Balaban J connectivity index is 1.75. The molecule has 3 rings (SSSR count). The number of hydrogen-bond acceptors (Lipinski definition) is 3. The van der Waals surface area contributed by atoms with Crippen molar-refractivity contribution in [3.63, 3.8) is 0 Å². The highest BCUT2D eigenvalue weighted by Gasteiger charge is 2.22. The van der Waals surface area contributed by atoms with E-state index in [1.165, 1.54) is 24.2 Å². The van der Waals surface area contributed by atoms with E-state index in [4.69, 9.17) is 9.72 Å². The smallest absolute Gasteiger partial charge is 0.111 e. The lowest BCUT2D eigenvalue weighted by Gasteiger charge is -2.20. The Kier molecular flexibility index (Phi) is 4.56. The molecular formula is C17H25N3O. The van der Waals surface area contributed by atoms with Gasteiger partial charge in [-0.25, -0.2) is 4.98 Å². The fourth-order valence-electron chi connectivity index (χ4n) is 3.30. The number of nitrogens with zero attached hydrogens (tertiary/aromatic N) is 2. The summed E-state index contributed by atoms with van der Waals surface area (Å²) in [4.78, 5) is 4.80. The molecular weight excluding hydrogens is 262 g/mol. The molecule has 4 nitrogen and oxygen atoms in total. The van der Waals surface area contributed by atoms with Gasteiger partial charge in [-0.15, -0.1) is 0 Å². The van der Waals surface area contributed by atoms with E-state index in [1.54, 1.807) is 0 Å². The molecule has 2 unspecified atom stereocenters. The predicted octanol–water partition coefficient (Wildman–Crippen LogP) is 2.52. The van der Waals surface area contributed by atoms with Gasteiger partial charge in [0, 0.05) is 32.7 Å². The monoisotopic (exact) mass is 287 g/mol. The Labute approximate surface area is 126 Å². The lowest BCUT2D eigenvalue weighted by atomic mass is 9.97. The topological polar surface area (TPSA) is 39.1 Å². The maximum atomic E-state index is 5.51. The number of likely N-dealkylation sites (N-methyl/N-ethyl adjacent to an activating group) is 1. The number of benzene rings is 1. The molecule has 0 amide bonds. The van der Waals surface area contributed by atoms with Crippen molar-refractivity contribution in [1.29, 1.82) is 0 Å². The molecule has 2 aromatic rings. The predicted molar refractivity (Wildman–Crippen MR) is 85.4 cm³/mol. The number of nitrogens with one attached hydrogen (secondary N) is 1. The summed E-state index contributed by atoms with van der Waals surface area (Å²) in [7, 11) is 2.12. The molecule has 0 radical (unpaired) electrons. The van der Waals surface area contributed by atoms with Crippen LogP contribution in [0.1, 0.15) is 25.6 Å². The molecule has 0 bridgehead atoms. The number of hydrogen-bond donors (Lipinski definition) is 1. The first kappa shape index (κ1) is 14.5. The number of fused-ring (bicyclic) bond motifs is 1. The van der Waals surface area contributed by atoms with E-state index in [2.05, 4.69) is 48.1 Å². The zero-order valence-electron chi connectivity index (χ0n) is 13.0. The Morgan fingerprint density at radius 3 is 3.00 bits per heavy atom. The van der Waals surface area contributed by atoms with Gasteiger partial charge in [-0.2, -0.15) is 0 Å². The number of imidazole rings is 1. The van der Waals surface area contributed by atoms with Crippen LogP contribution in [0.15, 0.2) is 24.3 Å². The summed E-state index contributed by atoms with van der Waals surface area (Å²) in [6, 6.07) is 8.84. The third-order valence-corrected chi connectivity index (χ3v) is 4.44. The Morgan fingerprint density at radius 1 is 1.43 bits per heavy atom. The van der Waals surface area contributed by atoms with Gasteiger partial charge in [-0.1, -0.05) is 19.1 Å². The van der Waals surface area contributed by atoms with Crippen LogP contribution < -0.4 is 5.32 Å². The molecule has 1 N–H and O–H groups in total. The van der Waals surface area contributed by atoms with E-state index in [9.17, 15) is 0 Å². The zero-order chi connectivity index (χ0) is 14.7. The number of rotatable bonds is 6. The normalized spacial score (nSPS) is 20.2. The molecule has 114 valence electrons. The molecule has 1 saturated heterocycles. The third-order valence-electron chi connectivity index (χ3n) is 4.44. The quantitative estimate of drug-likeness (QED) is 0.887. The molecule has 1 aliphatic rings. The number of para-hydroxylation sites is 2. The van der Waals surface area contributed by atoms with Crippen LogP contribution in [0.3, 0.4) is 0 Å². The Bertz CT molecular complexity index is 587. The molecule has 1 aromatic heterocycles. The average molecular weight is 287 g/mol. The maximum Gasteiger partial charge on any atom is 0.111 e. The molecule has 1 fully saturated rings. The lowest BCUT2D eigenvalue weighted by molar-refractivity contribution is 0.181. The maximum absolute atomic E-state index is 5.51. The summed E-state index contributed by atoms with van der Waals surface area (Å²) in [5.74, 6) is 1.87. The van der Waals surface area contributed by atoms with Crippen molar-refractivity contribution in [2.24, 2.45) is 13.0 Å². The SMILES string of the molecule is CCNC(Cc1nc2ccccc2n1C)CC1CCOC1. The molecule has 0 spiro atoms. The number of aryl methyl sites for hydroxylation is 1. The minimum atomic E-state index is 0.484. The lowest BCUT2D eigenvalue weighted by Crippen LogP contribution is -2.34. The van der Waals surface area contributed by atoms with Gasteiger partial charge in [0.05, 0.1) is 11.0 Å². The van der Waals surface area contributed by atoms with Gasteiger partial charge < -0.3 is 14.6 Å². The zero-order valence-corrected chi connectivity index (χ0v) is 13.0. The van der Waals surface area contributed by atoms with Gasteiger partial charge in [0.1, 0.15) is 5.82 Å². The number of ether oxygens (including phenoxy) is 1. The molecule has 2 heterocycles. The summed E-state index contributed by atoms with van der Waals surface area (Å²) in [5.41, 5.74) is 2.31. The molecule has 2 atom stereocenters. The standard InChI is InChI=1S/C17H25N3O/c1-3-18-14(10-13-8-9-21-12-13)11-17-19-15-6-4-5-7-16(15)20(17)2/h4-7,13-14,18H,3,8-12H2,1-2H3. The average Bonchev–Trinajstić information content (AvgIpc) is 3.09. The van der Waals surface area contributed by atoms with E-state index >= 15 is 0 Å². The van der Waals surface area contributed by atoms with E-state index in [0.29, 0.717) is 12.0 Å². The van der Waals surface area contributed by atoms with Gasteiger partial charge in [0.15, 0.2) is 0 Å². The summed E-state index contributed by atoms with van der Waals surface area (Å²) in [6.07, 6.45) is 3.36. The minimum absolute atomic E-state index is 0.484. The molecule has 1 aromatic carbocycles. The first-order chi connectivity index (χ1) is 10.3. The first-order valence-corrected chi connectivity index (χ1v) is 7.99. The highest BCUT2D eigenvalue weighted by molar-refractivity contribution is 5.75. The summed E-state index contributed by atoms with van der Waals surface area (Å²) in [6.45, 7) is 5.02. The van der Waals surface area contributed by atoms with Gasteiger partial charge >= 0.3 is 0 Å². The van der Waals surface area contributed by atoms with Crippen LogP contribution in [0.2, 0.25) is 0 Å². The van der Waals surface area contributed by atoms with Gasteiger partial charge in [0.25, 0.3) is 0 Å². The molecule has 0 saturated carbocycles. The van der Waals surface area contributed by atoms with Crippen LogP contribution >= 0.6 is 0 Å². The fourth-order valence-corrected chi connectivity index (χ4v) is 3.30.